The lowest BCUT2D eigenvalue weighted by molar-refractivity contribution is -0.141. The molecule has 0 amide bonds. The summed E-state index contributed by atoms with van der Waals surface area (Å²) in [5.74, 6) is -0.622. The molecule has 0 aliphatic heterocycles. The van der Waals surface area contributed by atoms with E-state index in [1.807, 2.05) is 18.2 Å². The number of nitriles is 1. The van der Waals surface area contributed by atoms with Crippen LogP contribution in [0.5, 0.6) is 0 Å². The van der Waals surface area contributed by atoms with E-state index in [-0.39, 0.29) is 0 Å². The number of benzene rings is 1. The molecule has 1 aromatic rings. The maximum absolute atomic E-state index is 11.1. The van der Waals surface area contributed by atoms with Crippen LogP contribution in [0.4, 0.5) is 0 Å². The third-order valence-corrected chi connectivity index (χ3v) is 3.51. The van der Waals surface area contributed by atoms with Gasteiger partial charge in [0.05, 0.1) is 17.6 Å². The molecule has 0 bridgehead atoms. The summed E-state index contributed by atoms with van der Waals surface area (Å²) in [7, 11) is 0. The molecule has 0 spiro atoms. The van der Waals surface area contributed by atoms with Gasteiger partial charge in [-0.25, -0.2) is 0 Å². The molecular formula is C17H24N2O2. The molecule has 1 aromatic carbocycles. The highest BCUT2D eigenvalue weighted by molar-refractivity contribution is 5.69. The molecule has 21 heavy (non-hydrogen) atoms. The molecule has 0 fully saturated rings. The van der Waals surface area contributed by atoms with Gasteiger partial charge < -0.3 is 5.11 Å². The van der Waals surface area contributed by atoms with Gasteiger partial charge in [-0.05, 0) is 30.5 Å². The SMILES string of the molecule is CC(C)CCN(Cc1ccccc1C#N)CC(C)C(=O)O. The predicted molar refractivity (Wildman–Crippen MR) is 82.7 cm³/mol. The van der Waals surface area contributed by atoms with Crippen molar-refractivity contribution in [2.75, 3.05) is 13.1 Å². The average molecular weight is 288 g/mol. The van der Waals surface area contributed by atoms with Crippen LogP contribution in [0.2, 0.25) is 0 Å². The van der Waals surface area contributed by atoms with Crippen molar-refractivity contribution in [1.82, 2.24) is 4.90 Å². The van der Waals surface area contributed by atoms with Crippen molar-refractivity contribution in [1.29, 1.82) is 5.26 Å². The Hall–Kier alpha value is -1.86. The molecule has 0 aliphatic rings. The lowest BCUT2D eigenvalue weighted by atomic mass is 10.1. The van der Waals surface area contributed by atoms with E-state index >= 15 is 0 Å². The zero-order chi connectivity index (χ0) is 15.8. The summed E-state index contributed by atoms with van der Waals surface area (Å²) in [5.41, 5.74) is 1.62. The average Bonchev–Trinajstić information content (AvgIpc) is 2.45. The molecule has 114 valence electrons. The van der Waals surface area contributed by atoms with Gasteiger partial charge in [0.25, 0.3) is 0 Å². The summed E-state index contributed by atoms with van der Waals surface area (Å²) in [6.45, 7) is 8.00. The molecule has 0 radical (unpaired) electrons. The monoisotopic (exact) mass is 288 g/mol. The summed E-state index contributed by atoms with van der Waals surface area (Å²) in [4.78, 5) is 13.2. The number of rotatable bonds is 8. The van der Waals surface area contributed by atoms with E-state index in [1.165, 1.54) is 0 Å². The van der Waals surface area contributed by atoms with Gasteiger partial charge in [0, 0.05) is 13.1 Å². The van der Waals surface area contributed by atoms with Crippen LogP contribution in [0.25, 0.3) is 0 Å². The minimum absolute atomic E-state index is 0.411. The molecule has 1 N–H and O–H groups in total. The summed E-state index contributed by atoms with van der Waals surface area (Å²) in [6.07, 6.45) is 1.01. The van der Waals surface area contributed by atoms with Gasteiger partial charge in [0.1, 0.15) is 0 Å². The highest BCUT2D eigenvalue weighted by Gasteiger charge is 2.17. The highest BCUT2D eigenvalue weighted by Crippen LogP contribution is 2.14. The molecule has 0 saturated heterocycles. The number of carbonyl (C=O) groups is 1. The smallest absolute Gasteiger partial charge is 0.307 e. The van der Waals surface area contributed by atoms with Crippen molar-refractivity contribution < 1.29 is 9.90 Å². The number of carboxylic acids is 1. The summed E-state index contributed by atoms with van der Waals surface area (Å²) in [5, 5.41) is 18.3. The molecule has 4 nitrogen and oxygen atoms in total. The summed E-state index contributed by atoms with van der Waals surface area (Å²) < 4.78 is 0. The van der Waals surface area contributed by atoms with Crippen molar-refractivity contribution >= 4 is 5.97 Å². The number of aliphatic carboxylic acids is 1. The Balaban J connectivity index is 2.80. The van der Waals surface area contributed by atoms with E-state index in [1.54, 1.807) is 13.0 Å². The second-order valence-corrected chi connectivity index (χ2v) is 5.93. The maximum Gasteiger partial charge on any atom is 0.307 e. The first-order chi connectivity index (χ1) is 9.93. The minimum atomic E-state index is -0.780. The van der Waals surface area contributed by atoms with Gasteiger partial charge >= 0.3 is 5.97 Å². The Bertz CT molecular complexity index is 506. The second-order valence-electron chi connectivity index (χ2n) is 5.93. The first-order valence-electron chi connectivity index (χ1n) is 7.37. The quantitative estimate of drug-likeness (QED) is 0.798. The van der Waals surface area contributed by atoms with Gasteiger partial charge in [-0.2, -0.15) is 5.26 Å². The third kappa shape index (κ3) is 5.97. The Labute approximate surface area is 127 Å². The van der Waals surface area contributed by atoms with E-state index in [0.29, 0.717) is 24.6 Å². The molecule has 1 unspecified atom stereocenters. The van der Waals surface area contributed by atoms with E-state index in [0.717, 1.165) is 18.5 Å². The third-order valence-electron chi connectivity index (χ3n) is 3.51. The van der Waals surface area contributed by atoms with Crippen LogP contribution in [0.3, 0.4) is 0 Å². The summed E-state index contributed by atoms with van der Waals surface area (Å²) >= 11 is 0. The van der Waals surface area contributed by atoms with Crippen molar-refractivity contribution in [2.45, 2.75) is 33.7 Å². The Morgan fingerprint density at radius 2 is 2.00 bits per heavy atom. The summed E-state index contributed by atoms with van der Waals surface area (Å²) in [6, 6.07) is 9.70. The number of carboxylic acid groups (broad SMARTS) is 1. The zero-order valence-corrected chi connectivity index (χ0v) is 13.0. The zero-order valence-electron chi connectivity index (χ0n) is 13.0. The van der Waals surface area contributed by atoms with E-state index in [4.69, 9.17) is 10.4 Å². The van der Waals surface area contributed by atoms with Gasteiger partial charge in [0.2, 0.25) is 0 Å². The fourth-order valence-corrected chi connectivity index (χ4v) is 2.15. The predicted octanol–water partition coefficient (Wildman–Crippen LogP) is 3.13. The Morgan fingerprint density at radius 1 is 1.33 bits per heavy atom. The molecule has 0 saturated carbocycles. The van der Waals surface area contributed by atoms with Gasteiger partial charge in [-0.3, -0.25) is 9.69 Å². The van der Waals surface area contributed by atoms with Crippen LogP contribution in [-0.2, 0) is 11.3 Å². The first-order valence-corrected chi connectivity index (χ1v) is 7.37. The van der Waals surface area contributed by atoms with E-state index in [9.17, 15) is 4.79 Å². The van der Waals surface area contributed by atoms with Crippen LogP contribution < -0.4 is 0 Å². The van der Waals surface area contributed by atoms with E-state index < -0.39 is 11.9 Å². The van der Waals surface area contributed by atoms with Crippen LogP contribution in [-0.4, -0.2) is 29.1 Å². The number of nitrogens with zero attached hydrogens (tertiary/aromatic N) is 2. The molecule has 1 rings (SSSR count). The molecule has 0 aliphatic carbocycles. The maximum atomic E-state index is 11.1. The first kappa shape index (κ1) is 17.2. The van der Waals surface area contributed by atoms with Crippen LogP contribution in [0, 0.1) is 23.2 Å². The van der Waals surface area contributed by atoms with Crippen molar-refractivity contribution in [3.05, 3.63) is 35.4 Å². The minimum Gasteiger partial charge on any atom is -0.481 e. The second kappa shape index (κ2) is 8.43. The molecule has 0 heterocycles. The van der Waals surface area contributed by atoms with Crippen molar-refractivity contribution in [2.24, 2.45) is 11.8 Å². The molecule has 4 heteroatoms. The highest BCUT2D eigenvalue weighted by atomic mass is 16.4. The standard InChI is InChI=1S/C17H24N2O2/c1-13(2)8-9-19(11-14(3)17(20)21)12-16-7-5-4-6-15(16)10-18/h4-7,13-14H,8-9,11-12H2,1-3H3,(H,20,21). The molecule has 0 aromatic heterocycles. The van der Waals surface area contributed by atoms with Crippen LogP contribution in [0.1, 0.15) is 38.3 Å². The fourth-order valence-electron chi connectivity index (χ4n) is 2.15. The topological polar surface area (TPSA) is 64.3 Å². The van der Waals surface area contributed by atoms with E-state index in [2.05, 4.69) is 24.8 Å². The van der Waals surface area contributed by atoms with Gasteiger partial charge in [-0.1, -0.05) is 39.0 Å². The Kier molecular flexibility index (Phi) is 6.90. The normalized spacial score (nSPS) is 12.4. The van der Waals surface area contributed by atoms with Crippen LogP contribution >= 0.6 is 0 Å². The number of hydrogen-bond donors (Lipinski definition) is 1. The van der Waals surface area contributed by atoms with Gasteiger partial charge in [0.15, 0.2) is 0 Å². The lowest BCUT2D eigenvalue weighted by Crippen LogP contribution is -2.33. The number of hydrogen-bond acceptors (Lipinski definition) is 3. The lowest BCUT2D eigenvalue weighted by Gasteiger charge is -2.25. The molecular weight excluding hydrogens is 264 g/mol. The van der Waals surface area contributed by atoms with Crippen LogP contribution in [0.15, 0.2) is 24.3 Å². The van der Waals surface area contributed by atoms with Gasteiger partial charge in [-0.15, -0.1) is 0 Å². The fraction of sp³-hybridized carbons (Fsp3) is 0.529. The van der Waals surface area contributed by atoms with Crippen molar-refractivity contribution in [3.63, 3.8) is 0 Å². The van der Waals surface area contributed by atoms with Crippen molar-refractivity contribution in [3.8, 4) is 6.07 Å². The molecule has 1 atom stereocenters. The largest absolute Gasteiger partial charge is 0.481 e. The Morgan fingerprint density at radius 3 is 2.57 bits per heavy atom.